The van der Waals surface area contributed by atoms with Crippen LogP contribution in [0.25, 0.3) is 0 Å². The molecule has 1 N–H and O–H groups in total. The average molecular weight is 184 g/mol. The number of aliphatic carboxylic acids is 1. The molecule has 1 aliphatic heterocycles. The lowest BCUT2D eigenvalue weighted by Gasteiger charge is -1.89. The van der Waals surface area contributed by atoms with Gasteiger partial charge in [-0.25, -0.2) is 4.79 Å². The Morgan fingerprint density at radius 3 is 2.54 bits per heavy atom. The molecular weight excluding hydrogens is 168 g/mol. The predicted molar refractivity (Wildman–Crippen MR) is 51.6 cm³/mol. The van der Waals surface area contributed by atoms with Crippen LogP contribution >= 0.6 is 0 Å². The van der Waals surface area contributed by atoms with Crippen LogP contribution in [0.3, 0.4) is 0 Å². The summed E-state index contributed by atoms with van der Waals surface area (Å²) in [5, 5.41) is 8.41. The van der Waals surface area contributed by atoms with E-state index in [4.69, 9.17) is 9.84 Å². The summed E-state index contributed by atoms with van der Waals surface area (Å²) in [7, 11) is 0. The van der Waals surface area contributed by atoms with Crippen LogP contribution in [0.15, 0.2) is 24.3 Å². The molecule has 0 spiro atoms. The highest BCUT2D eigenvalue weighted by atomic mass is 16.6. The van der Waals surface area contributed by atoms with Gasteiger partial charge in [-0.05, 0) is 20.3 Å². The van der Waals surface area contributed by atoms with Crippen LogP contribution < -0.4 is 0 Å². The van der Waals surface area contributed by atoms with Crippen molar-refractivity contribution in [3.63, 3.8) is 0 Å². The lowest BCUT2D eigenvalue weighted by molar-refractivity contribution is -0.132. The monoisotopic (exact) mass is 184 g/mol. The van der Waals surface area contributed by atoms with Gasteiger partial charge in [-0.2, -0.15) is 0 Å². The number of hydrogen-bond acceptors (Lipinski definition) is 2. The van der Waals surface area contributed by atoms with Crippen LogP contribution in [0.4, 0.5) is 0 Å². The summed E-state index contributed by atoms with van der Waals surface area (Å²) < 4.78 is 4.90. The van der Waals surface area contributed by atoms with Gasteiger partial charge in [-0.3, -0.25) is 0 Å². The van der Waals surface area contributed by atoms with Crippen molar-refractivity contribution in [3.8, 4) is 0 Å². The molecule has 0 amide bonds. The molecular formula is C10H16O3. The highest BCUT2D eigenvalue weighted by Gasteiger charge is 2.20. The molecule has 1 heterocycles. The smallest absolute Gasteiger partial charge is 0.330 e. The molecule has 0 bridgehead atoms. The maximum atomic E-state index is 10.2. The van der Waals surface area contributed by atoms with Gasteiger partial charge in [0.05, 0.1) is 12.7 Å². The van der Waals surface area contributed by atoms with Crippen LogP contribution in [0.5, 0.6) is 0 Å². The van der Waals surface area contributed by atoms with Gasteiger partial charge in [0, 0.05) is 5.57 Å². The molecule has 13 heavy (non-hydrogen) atoms. The maximum Gasteiger partial charge on any atom is 0.330 e. The summed E-state index contributed by atoms with van der Waals surface area (Å²) in [5.41, 5.74) is 0.399. The van der Waals surface area contributed by atoms with Crippen molar-refractivity contribution in [2.75, 3.05) is 6.61 Å². The minimum atomic E-state index is -0.847. The molecule has 0 aromatic rings. The molecule has 0 radical (unpaired) electrons. The summed E-state index contributed by atoms with van der Waals surface area (Å²) in [6.45, 7) is 7.62. The van der Waals surface area contributed by atoms with Gasteiger partial charge < -0.3 is 9.84 Å². The van der Waals surface area contributed by atoms with Crippen molar-refractivity contribution < 1.29 is 14.6 Å². The molecule has 1 fully saturated rings. The van der Waals surface area contributed by atoms with Gasteiger partial charge in [-0.15, -0.1) is 6.58 Å². The number of epoxide rings is 1. The lowest BCUT2D eigenvalue weighted by atomic mass is 10.2. The van der Waals surface area contributed by atoms with E-state index in [1.54, 1.807) is 19.1 Å². The first kappa shape index (κ1) is 11.9. The third kappa shape index (κ3) is 7.28. The minimum absolute atomic E-state index is 0.286. The Kier molecular flexibility index (Phi) is 5.89. The quantitative estimate of drug-likeness (QED) is 0.414. The van der Waals surface area contributed by atoms with E-state index < -0.39 is 5.97 Å². The van der Waals surface area contributed by atoms with Crippen molar-refractivity contribution in [3.05, 3.63) is 24.3 Å². The molecule has 0 aliphatic carbocycles. The molecule has 3 nitrogen and oxygen atoms in total. The molecule has 1 aliphatic rings. The molecule has 0 aromatic heterocycles. The largest absolute Gasteiger partial charge is 0.478 e. The van der Waals surface area contributed by atoms with Crippen molar-refractivity contribution >= 4 is 5.97 Å². The Balaban J connectivity index is 0.000000424. The zero-order valence-corrected chi connectivity index (χ0v) is 8.12. The normalized spacial score (nSPS) is 19.8. The lowest BCUT2D eigenvalue weighted by Crippen LogP contribution is -1.96. The molecule has 1 unspecified atom stereocenters. The van der Waals surface area contributed by atoms with Crippen molar-refractivity contribution in [2.24, 2.45) is 0 Å². The van der Waals surface area contributed by atoms with Crippen LogP contribution in [-0.2, 0) is 9.53 Å². The predicted octanol–water partition coefficient (Wildman–Crippen LogP) is 2.00. The molecule has 3 heteroatoms. The fraction of sp³-hybridized carbons (Fsp3) is 0.500. The van der Waals surface area contributed by atoms with E-state index in [9.17, 15) is 4.79 Å². The molecule has 1 rings (SSSR count). The fourth-order valence-electron chi connectivity index (χ4n) is 0.600. The Morgan fingerprint density at radius 1 is 1.77 bits per heavy atom. The van der Waals surface area contributed by atoms with Gasteiger partial charge >= 0.3 is 5.97 Å². The summed E-state index contributed by atoms with van der Waals surface area (Å²) in [6.07, 6.45) is 4.47. The highest BCUT2D eigenvalue weighted by molar-refractivity contribution is 5.85. The van der Waals surface area contributed by atoms with Crippen molar-refractivity contribution in [1.29, 1.82) is 0 Å². The summed E-state index contributed by atoms with van der Waals surface area (Å²) >= 11 is 0. The standard InChI is InChI=1S/C7H10O3.C3H6/c1-5(7(8)9)2-3-6-4-10-6;1-3-2/h2,6H,3-4H2,1H3,(H,8,9);3H,1H2,2H3. The SMILES string of the molecule is C=CC.CC(=CCC1CO1)C(=O)O. The van der Waals surface area contributed by atoms with Crippen LogP contribution in [-0.4, -0.2) is 23.8 Å². The summed E-state index contributed by atoms with van der Waals surface area (Å²) in [5.74, 6) is -0.847. The number of allylic oxidation sites excluding steroid dienone is 1. The molecule has 1 saturated heterocycles. The zero-order chi connectivity index (χ0) is 10.3. The first-order valence-corrected chi connectivity index (χ1v) is 4.20. The molecule has 74 valence electrons. The van der Waals surface area contributed by atoms with E-state index in [-0.39, 0.29) is 6.10 Å². The fourth-order valence-corrected chi connectivity index (χ4v) is 0.600. The first-order chi connectivity index (χ1) is 6.11. The second-order valence-corrected chi connectivity index (χ2v) is 2.79. The minimum Gasteiger partial charge on any atom is -0.478 e. The Hall–Kier alpha value is -1.09. The topological polar surface area (TPSA) is 49.8 Å². The van der Waals surface area contributed by atoms with Gasteiger partial charge in [0.2, 0.25) is 0 Å². The van der Waals surface area contributed by atoms with Crippen molar-refractivity contribution in [1.82, 2.24) is 0 Å². The van der Waals surface area contributed by atoms with Gasteiger partial charge in [-0.1, -0.05) is 12.2 Å². The van der Waals surface area contributed by atoms with E-state index in [0.717, 1.165) is 13.0 Å². The highest BCUT2D eigenvalue weighted by Crippen LogP contribution is 2.14. The molecule has 0 aromatic carbocycles. The third-order valence-electron chi connectivity index (χ3n) is 1.43. The van der Waals surface area contributed by atoms with E-state index in [0.29, 0.717) is 5.57 Å². The van der Waals surface area contributed by atoms with Crippen LogP contribution in [0.1, 0.15) is 20.3 Å². The molecule has 0 saturated carbocycles. The number of carboxylic acid groups (broad SMARTS) is 1. The Morgan fingerprint density at radius 2 is 2.23 bits per heavy atom. The van der Waals surface area contributed by atoms with E-state index in [1.165, 1.54) is 0 Å². The van der Waals surface area contributed by atoms with E-state index in [2.05, 4.69) is 6.58 Å². The Labute approximate surface area is 78.7 Å². The zero-order valence-electron chi connectivity index (χ0n) is 8.12. The number of hydrogen-bond donors (Lipinski definition) is 1. The van der Waals surface area contributed by atoms with E-state index >= 15 is 0 Å². The van der Waals surface area contributed by atoms with Gasteiger partial charge in [0.1, 0.15) is 0 Å². The summed E-state index contributed by atoms with van der Waals surface area (Å²) in [4.78, 5) is 10.2. The Bertz CT molecular complexity index is 202. The second kappa shape index (κ2) is 6.43. The third-order valence-corrected chi connectivity index (χ3v) is 1.43. The number of ether oxygens (including phenoxy) is 1. The maximum absolute atomic E-state index is 10.2. The summed E-state index contributed by atoms with van der Waals surface area (Å²) in [6, 6.07) is 0. The number of rotatable bonds is 3. The number of carbonyl (C=O) groups is 1. The van der Waals surface area contributed by atoms with Crippen LogP contribution in [0, 0.1) is 0 Å². The van der Waals surface area contributed by atoms with Crippen molar-refractivity contribution in [2.45, 2.75) is 26.4 Å². The average Bonchev–Trinajstić information content (AvgIpc) is 2.84. The number of carboxylic acids is 1. The first-order valence-electron chi connectivity index (χ1n) is 4.20. The van der Waals surface area contributed by atoms with E-state index in [1.807, 2.05) is 6.92 Å². The van der Waals surface area contributed by atoms with Crippen LogP contribution in [0.2, 0.25) is 0 Å². The molecule has 1 atom stereocenters. The van der Waals surface area contributed by atoms with Gasteiger partial charge in [0.25, 0.3) is 0 Å². The second-order valence-electron chi connectivity index (χ2n) is 2.79. The van der Waals surface area contributed by atoms with Gasteiger partial charge in [0.15, 0.2) is 0 Å².